The molecule has 0 aliphatic heterocycles. The fraction of sp³-hybridized carbons (Fsp3) is 0.111. The Morgan fingerprint density at radius 3 is 2.57 bits per heavy atom. The number of nitriles is 1. The first-order valence-electron chi connectivity index (χ1n) is 11.1. The number of rotatable bonds is 7. The molecule has 2 aromatic heterocycles. The van der Waals surface area contributed by atoms with Gasteiger partial charge < -0.3 is 14.6 Å². The van der Waals surface area contributed by atoms with E-state index in [1.165, 1.54) is 6.07 Å². The molecule has 0 bridgehead atoms. The Morgan fingerprint density at radius 2 is 1.89 bits per heavy atom. The van der Waals surface area contributed by atoms with E-state index in [2.05, 4.69) is 26.1 Å². The van der Waals surface area contributed by atoms with Crippen LogP contribution in [-0.2, 0) is 11.4 Å². The van der Waals surface area contributed by atoms with Gasteiger partial charge in [0.15, 0.2) is 10.6 Å². The number of nitrogens with one attached hydrogen (secondary N) is 2. The molecule has 0 saturated carbocycles. The number of hydrogen-bond acceptors (Lipinski definition) is 7. The average Bonchev–Trinajstić information content (AvgIpc) is 2.90. The van der Waals surface area contributed by atoms with E-state index in [1.807, 2.05) is 0 Å². The Balaban J connectivity index is 1.78. The Morgan fingerprint density at radius 1 is 1.14 bits per heavy atom. The van der Waals surface area contributed by atoms with E-state index < -0.39 is 23.2 Å². The molecule has 8 nitrogen and oxygen atoms in total. The van der Waals surface area contributed by atoms with E-state index in [1.54, 1.807) is 75.6 Å². The molecule has 4 aromatic rings. The molecular formula is C27H22FN5O3S. The van der Waals surface area contributed by atoms with Crippen molar-refractivity contribution in [3.05, 3.63) is 95.2 Å². The van der Waals surface area contributed by atoms with Crippen LogP contribution in [0.25, 0.3) is 11.1 Å². The van der Waals surface area contributed by atoms with Gasteiger partial charge in [-0.15, -0.1) is 4.72 Å². The van der Waals surface area contributed by atoms with Gasteiger partial charge in [-0.25, -0.2) is 9.97 Å². The SMILES string of the molecule is CN[S@+]([O-])c1cccc(NC(=O)c2c(Oc3ccc(F)nc3C)ncc(-c3ccc(C#N)cc3)c2C)c1. The molecule has 37 heavy (non-hydrogen) atoms. The van der Waals surface area contributed by atoms with Crippen molar-refractivity contribution in [1.82, 2.24) is 14.7 Å². The Bertz CT molecular complexity index is 1510. The summed E-state index contributed by atoms with van der Waals surface area (Å²) in [5, 5.41) is 11.9. The summed E-state index contributed by atoms with van der Waals surface area (Å²) in [6.45, 7) is 3.35. The summed E-state index contributed by atoms with van der Waals surface area (Å²) in [7, 11) is 1.57. The molecule has 186 valence electrons. The Labute approximate surface area is 216 Å². The lowest BCUT2D eigenvalue weighted by Gasteiger charge is -2.17. The molecule has 2 heterocycles. The van der Waals surface area contributed by atoms with Gasteiger partial charge in [0, 0.05) is 30.6 Å². The van der Waals surface area contributed by atoms with Crippen molar-refractivity contribution in [1.29, 1.82) is 5.26 Å². The van der Waals surface area contributed by atoms with Gasteiger partial charge in [0.1, 0.15) is 5.56 Å². The van der Waals surface area contributed by atoms with Crippen molar-refractivity contribution in [2.24, 2.45) is 0 Å². The summed E-state index contributed by atoms with van der Waals surface area (Å²) in [5.74, 6) is -0.892. The van der Waals surface area contributed by atoms with Crippen molar-refractivity contribution in [2.45, 2.75) is 18.7 Å². The molecule has 0 saturated heterocycles. The summed E-state index contributed by atoms with van der Waals surface area (Å²) in [6, 6.07) is 18.2. The normalized spacial score (nSPS) is 11.5. The number of ether oxygens (including phenoxy) is 1. The zero-order valence-corrected chi connectivity index (χ0v) is 21.0. The van der Waals surface area contributed by atoms with Crippen LogP contribution in [0, 0.1) is 31.1 Å². The van der Waals surface area contributed by atoms with Crippen molar-refractivity contribution < 1.29 is 18.5 Å². The smallest absolute Gasteiger partial charge is 0.261 e. The first kappa shape index (κ1) is 25.8. The fourth-order valence-corrected chi connectivity index (χ4v) is 4.34. The predicted octanol–water partition coefficient (Wildman–Crippen LogP) is 5.06. The molecule has 1 amide bonds. The summed E-state index contributed by atoms with van der Waals surface area (Å²) in [4.78, 5) is 22.2. The lowest BCUT2D eigenvalue weighted by Crippen LogP contribution is -2.19. The van der Waals surface area contributed by atoms with Gasteiger partial charge in [-0.1, -0.05) is 18.2 Å². The minimum Gasteiger partial charge on any atom is -0.593 e. The highest BCUT2D eigenvalue weighted by Gasteiger charge is 2.23. The van der Waals surface area contributed by atoms with Crippen LogP contribution in [0.3, 0.4) is 0 Å². The standard InChI is InChI=1S/C27H22FN5O3S/c1-16-22(19-9-7-18(14-29)8-10-19)15-31-27(36-23-11-12-24(28)32-17(23)2)25(16)26(34)33-20-5-4-6-21(13-20)37(35)30-3/h4-13,15,30H,1-3H3,(H,33,34)/t37-/m1/s1. The molecule has 2 aromatic carbocycles. The zero-order valence-electron chi connectivity index (χ0n) is 20.2. The van der Waals surface area contributed by atoms with Crippen molar-refractivity contribution in [2.75, 3.05) is 12.4 Å². The molecule has 0 aliphatic carbocycles. The largest absolute Gasteiger partial charge is 0.593 e. The lowest BCUT2D eigenvalue weighted by atomic mass is 9.97. The van der Waals surface area contributed by atoms with Crippen LogP contribution < -0.4 is 14.8 Å². The Hall–Kier alpha value is -4.30. The predicted molar refractivity (Wildman–Crippen MR) is 138 cm³/mol. The van der Waals surface area contributed by atoms with Gasteiger partial charge in [-0.05, 0) is 61.4 Å². The number of carbonyl (C=O) groups excluding carboxylic acids is 1. The summed E-state index contributed by atoms with van der Waals surface area (Å²) in [5.41, 5.74) is 3.40. The number of hydrogen-bond donors (Lipinski definition) is 2. The van der Waals surface area contributed by atoms with Gasteiger partial charge in [0.2, 0.25) is 11.8 Å². The monoisotopic (exact) mass is 515 g/mol. The number of pyridine rings is 2. The highest BCUT2D eigenvalue weighted by molar-refractivity contribution is 7.89. The Kier molecular flexibility index (Phi) is 7.79. The first-order valence-corrected chi connectivity index (χ1v) is 12.3. The van der Waals surface area contributed by atoms with Crippen LogP contribution in [0.1, 0.15) is 27.2 Å². The lowest BCUT2D eigenvalue weighted by molar-refractivity contribution is 0.102. The number of benzene rings is 2. The van der Waals surface area contributed by atoms with E-state index >= 15 is 0 Å². The van der Waals surface area contributed by atoms with E-state index in [0.717, 1.165) is 11.6 Å². The third kappa shape index (κ3) is 5.76. The van der Waals surface area contributed by atoms with Gasteiger partial charge in [-0.3, -0.25) is 4.79 Å². The molecule has 0 aliphatic rings. The van der Waals surface area contributed by atoms with Crippen LogP contribution in [0.5, 0.6) is 11.6 Å². The molecule has 0 unspecified atom stereocenters. The van der Waals surface area contributed by atoms with Gasteiger partial charge in [0.05, 0.1) is 28.7 Å². The molecule has 2 N–H and O–H groups in total. The summed E-state index contributed by atoms with van der Waals surface area (Å²) < 4.78 is 34.3. The van der Waals surface area contributed by atoms with Crippen molar-refractivity contribution >= 4 is 23.0 Å². The maximum atomic E-state index is 13.6. The number of aryl methyl sites for hydroxylation is 1. The molecule has 10 heteroatoms. The second kappa shape index (κ2) is 11.2. The molecule has 4 rings (SSSR count). The molecule has 0 spiro atoms. The number of aromatic nitrogens is 2. The number of anilines is 1. The van der Waals surface area contributed by atoms with E-state index in [0.29, 0.717) is 33.0 Å². The van der Waals surface area contributed by atoms with Crippen molar-refractivity contribution in [3.8, 4) is 28.8 Å². The first-order chi connectivity index (χ1) is 17.8. The van der Waals surface area contributed by atoms with E-state index in [9.17, 15) is 13.7 Å². The topological polar surface area (TPSA) is 123 Å². The quantitative estimate of drug-likeness (QED) is 0.261. The van der Waals surface area contributed by atoms with Crippen molar-refractivity contribution in [3.63, 3.8) is 0 Å². The summed E-state index contributed by atoms with van der Waals surface area (Å²) >= 11 is -1.43. The highest BCUT2D eigenvalue weighted by atomic mass is 32.2. The second-order valence-electron chi connectivity index (χ2n) is 7.94. The van der Waals surface area contributed by atoms with Crippen LogP contribution >= 0.6 is 0 Å². The maximum Gasteiger partial charge on any atom is 0.261 e. The summed E-state index contributed by atoms with van der Waals surface area (Å²) in [6.07, 6.45) is 1.58. The van der Waals surface area contributed by atoms with Gasteiger partial charge in [-0.2, -0.15) is 9.65 Å². The van der Waals surface area contributed by atoms with Crippen LogP contribution in [-0.4, -0.2) is 27.5 Å². The molecule has 0 radical (unpaired) electrons. The molecule has 1 atom stereocenters. The molecule has 0 fully saturated rings. The van der Waals surface area contributed by atoms with E-state index in [-0.39, 0.29) is 17.2 Å². The number of carbonyl (C=O) groups is 1. The minimum atomic E-state index is -1.43. The third-order valence-electron chi connectivity index (χ3n) is 5.56. The second-order valence-corrected chi connectivity index (χ2v) is 9.36. The zero-order chi connectivity index (χ0) is 26.5. The maximum absolute atomic E-state index is 13.6. The highest BCUT2D eigenvalue weighted by Crippen LogP contribution is 2.33. The van der Waals surface area contributed by atoms with Crippen LogP contribution in [0.2, 0.25) is 0 Å². The van der Waals surface area contributed by atoms with Crippen LogP contribution in [0.4, 0.5) is 10.1 Å². The third-order valence-corrected chi connectivity index (χ3v) is 6.61. The fourth-order valence-electron chi connectivity index (χ4n) is 3.67. The number of amides is 1. The van der Waals surface area contributed by atoms with Crippen LogP contribution in [0.15, 0.2) is 71.8 Å². The van der Waals surface area contributed by atoms with Gasteiger partial charge in [0.25, 0.3) is 5.91 Å². The number of halogens is 1. The average molecular weight is 516 g/mol. The number of nitrogens with zero attached hydrogens (tertiary/aromatic N) is 3. The minimum absolute atomic E-state index is 0.0128. The molecular weight excluding hydrogens is 493 g/mol. The van der Waals surface area contributed by atoms with E-state index in [4.69, 9.17) is 10.00 Å². The van der Waals surface area contributed by atoms with Gasteiger partial charge >= 0.3 is 0 Å².